The Morgan fingerprint density at radius 1 is 1.27 bits per heavy atom. The predicted molar refractivity (Wildman–Crippen MR) is 58.3 cm³/mol. The molecule has 0 atom stereocenters. The normalized spacial score (nSPS) is 10.9. The summed E-state index contributed by atoms with van der Waals surface area (Å²) in [6.07, 6.45) is 6.64. The van der Waals surface area contributed by atoms with E-state index < -0.39 is 0 Å². The summed E-state index contributed by atoms with van der Waals surface area (Å²) in [5.74, 6) is 1.04. The van der Waals surface area contributed by atoms with Crippen molar-refractivity contribution in [3.05, 3.63) is 35.5 Å². The third-order valence-corrected chi connectivity index (χ3v) is 2.22. The van der Waals surface area contributed by atoms with Crippen molar-refractivity contribution in [2.24, 2.45) is 0 Å². The van der Waals surface area contributed by atoms with E-state index in [-0.39, 0.29) is 0 Å². The molecule has 0 amide bonds. The molecule has 2 heterocycles. The van der Waals surface area contributed by atoms with Crippen LogP contribution >= 0.6 is 11.6 Å². The molecule has 78 valence electrons. The van der Waals surface area contributed by atoms with Crippen LogP contribution in [0, 0.1) is 0 Å². The molecule has 0 aromatic carbocycles. The first-order valence-corrected chi connectivity index (χ1v) is 5.07. The van der Waals surface area contributed by atoms with Crippen LogP contribution < -0.4 is 0 Å². The molecule has 0 aliphatic heterocycles. The maximum atomic E-state index is 5.81. The van der Waals surface area contributed by atoms with E-state index in [1.165, 1.54) is 0 Å². The summed E-state index contributed by atoms with van der Waals surface area (Å²) in [5.41, 5.74) is 0.914. The van der Waals surface area contributed by atoms with E-state index in [1.54, 1.807) is 29.5 Å². The SMILES string of the molecule is CC(C)c1nccnc1-n1cc(Cl)cn1. The topological polar surface area (TPSA) is 43.6 Å². The molecule has 0 aliphatic carbocycles. The van der Waals surface area contributed by atoms with Crippen LogP contribution in [0.25, 0.3) is 5.82 Å². The van der Waals surface area contributed by atoms with Crippen molar-refractivity contribution in [3.8, 4) is 5.82 Å². The summed E-state index contributed by atoms with van der Waals surface area (Å²) in [6, 6.07) is 0. The Kier molecular flexibility index (Phi) is 2.68. The Morgan fingerprint density at radius 3 is 2.60 bits per heavy atom. The highest BCUT2D eigenvalue weighted by Crippen LogP contribution is 2.18. The van der Waals surface area contributed by atoms with Gasteiger partial charge in [0.15, 0.2) is 5.82 Å². The molecule has 0 unspecified atom stereocenters. The number of aromatic nitrogens is 4. The number of rotatable bonds is 2. The molecule has 2 rings (SSSR count). The zero-order valence-electron chi connectivity index (χ0n) is 8.55. The van der Waals surface area contributed by atoms with E-state index >= 15 is 0 Å². The first-order chi connectivity index (χ1) is 7.18. The van der Waals surface area contributed by atoms with Gasteiger partial charge in [0, 0.05) is 12.4 Å². The number of hydrogen-bond donors (Lipinski definition) is 0. The van der Waals surface area contributed by atoms with Gasteiger partial charge in [-0.25, -0.2) is 9.67 Å². The second-order valence-corrected chi connectivity index (χ2v) is 3.96. The summed E-state index contributed by atoms with van der Waals surface area (Å²) in [7, 11) is 0. The van der Waals surface area contributed by atoms with Gasteiger partial charge in [0.1, 0.15) is 0 Å². The molecule has 5 heteroatoms. The fourth-order valence-corrected chi connectivity index (χ4v) is 1.48. The lowest BCUT2D eigenvalue weighted by Gasteiger charge is -2.09. The Labute approximate surface area is 92.9 Å². The lowest BCUT2D eigenvalue weighted by Crippen LogP contribution is -2.06. The van der Waals surface area contributed by atoms with Gasteiger partial charge < -0.3 is 0 Å². The standard InChI is InChI=1S/C10H11ClN4/c1-7(2)9-10(13-4-3-12-9)15-6-8(11)5-14-15/h3-7H,1-2H3. The van der Waals surface area contributed by atoms with Crippen LogP contribution in [-0.2, 0) is 0 Å². The van der Waals surface area contributed by atoms with Crippen LogP contribution in [-0.4, -0.2) is 19.7 Å². The summed E-state index contributed by atoms with van der Waals surface area (Å²) in [6.45, 7) is 4.14. The molecule has 0 spiro atoms. The van der Waals surface area contributed by atoms with Crippen LogP contribution in [0.5, 0.6) is 0 Å². The van der Waals surface area contributed by atoms with E-state index in [9.17, 15) is 0 Å². The molecule has 2 aromatic rings. The summed E-state index contributed by atoms with van der Waals surface area (Å²) >= 11 is 5.81. The zero-order valence-corrected chi connectivity index (χ0v) is 9.31. The van der Waals surface area contributed by atoms with Crippen molar-refractivity contribution >= 4 is 11.6 Å². The monoisotopic (exact) mass is 222 g/mol. The average molecular weight is 223 g/mol. The second kappa shape index (κ2) is 3.98. The fraction of sp³-hybridized carbons (Fsp3) is 0.300. The lowest BCUT2D eigenvalue weighted by molar-refractivity contribution is 0.751. The van der Waals surface area contributed by atoms with Gasteiger partial charge in [-0.1, -0.05) is 25.4 Å². The van der Waals surface area contributed by atoms with Crippen molar-refractivity contribution in [1.29, 1.82) is 0 Å². The van der Waals surface area contributed by atoms with Gasteiger partial charge in [-0.3, -0.25) is 4.98 Å². The molecule has 4 nitrogen and oxygen atoms in total. The Balaban J connectivity index is 2.52. The number of nitrogens with zero attached hydrogens (tertiary/aromatic N) is 4. The van der Waals surface area contributed by atoms with Crippen molar-refractivity contribution in [2.45, 2.75) is 19.8 Å². The highest BCUT2D eigenvalue weighted by atomic mass is 35.5. The third-order valence-electron chi connectivity index (χ3n) is 2.02. The van der Waals surface area contributed by atoms with Crippen LogP contribution in [0.1, 0.15) is 25.5 Å². The van der Waals surface area contributed by atoms with Gasteiger partial charge in [0.25, 0.3) is 0 Å². The minimum absolute atomic E-state index is 0.302. The molecule has 15 heavy (non-hydrogen) atoms. The maximum Gasteiger partial charge on any atom is 0.175 e. The first kappa shape index (κ1) is 10.1. The third kappa shape index (κ3) is 1.99. The van der Waals surface area contributed by atoms with Crippen LogP contribution in [0.15, 0.2) is 24.8 Å². The molecule has 0 aliphatic rings. The van der Waals surface area contributed by atoms with Gasteiger partial charge in [-0.05, 0) is 5.92 Å². The van der Waals surface area contributed by atoms with Crippen molar-refractivity contribution in [1.82, 2.24) is 19.7 Å². The smallest absolute Gasteiger partial charge is 0.175 e. The Bertz CT molecular complexity index is 464. The fourth-order valence-electron chi connectivity index (χ4n) is 1.34. The summed E-state index contributed by atoms with van der Waals surface area (Å²) < 4.78 is 1.64. The highest BCUT2D eigenvalue weighted by Gasteiger charge is 2.11. The minimum Gasteiger partial charge on any atom is -0.255 e. The quantitative estimate of drug-likeness (QED) is 0.784. The Morgan fingerprint density at radius 2 is 2.00 bits per heavy atom. The van der Waals surface area contributed by atoms with Gasteiger partial charge in [-0.15, -0.1) is 0 Å². The molecular weight excluding hydrogens is 212 g/mol. The molecule has 0 fully saturated rings. The molecule has 0 radical (unpaired) electrons. The minimum atomic E-state index is 0.302. The van der Waals surface area contributed by atoms with Gasteiger partial charge >= 0.3 is 0 Å². The largest absolute Gasteiger partial charge is 0.255 e. The van der Waals surface area contributed by atoms with Crippen LogP contribution in [0.4, 0.5) is 0 Å². The predicted octanol–water partition coefficient (Wildman–Crippen LogP) is 2.44. The van der Waals surface area contributed by atoms with Gasteiger partial charge in [0.05, 0.1) is 23.1 Å². The van der Waals surface area contributed by atoms with Crippen LogP contribution in [0.2, 0.25) is 5.02 Å². The molecule has 2 aromatic heterocycles. The average Bonchev–Trinajstić information content (AvgIpc) is 2.65. The molecule has 0 N–H and O–H groups in total. The Hall–Kier alpha value is -1.42. The molecule has 0 saturated carbocycles. The van der Waals surface area contributed by atoms with Crippen molar-refractivity contribution < 1.29 is 0 Å². The van der Waals surface area contributed by atoms with E-state index in [4.69, 9.17) is 11.6 Å². The first-order valence-electron chi connectivity index (χ1n) is 4.70. The molecular formula is C10H11ClN4. The lowest BCUT2D eigenvalue weighted by atomic mass is 10.1. The zero-order chi connectivity index (χ0) is 10.8. The number of hydrogen-bond acceptors (Lipinski definition) is 3. The maximum absolute atomic E-state index is 5.81. The van der Waals surface area contributed by atoms with Crippen LogP contribution in [0.3, 0.4) is 0 Å². The van der Waals surface area contributed by atoms with E-state index in [1.807, 2.05) is 0 Å². The van der Waals surface area contributed by atoms with Gasteiger partial charge in [0.2, 0.25) is 0 Å². The second-order valence-electron chi connectivity index (χ2n) is 3.52. The summed E-state index contributed by atoms with van der Waals surface area (Å²) in [5, 5.41) is 4.70. The van der Waals surface area contributed by atoms with Crippen molar-refractivity contribution in [3.63, 3.8) is 0 Å². The number of halogens is 1. The van der Waals surface area contributed by atoms with E-state index in [0.717, 1.165) is 11.5 Å². The molecule has 0 saturated heterocycles. The van der Waals surface area contributed by atoms with E-state index in [0.29, 0.717) is 10.9 Å². The van der Waals surface area contributed by atoms with Crippen molar-refractivity contribution in [2.75, 3.05) is 0 Å². The highest BCUT2D eigenvalue weighted by molar-refractivity contribution is 6.30. The summed E-state index contributed by atoms with van der Waals surface area (Å²) in [4.78, 5) is 8.56. The van der Waals surface area contributed by atoms with Gasteiger partial charge in [-0.2, -0.15) is 5.10 Å². The molecule has 0 bridgehead atoms. The van der Waals surface area contributed by atoms with E-state index in [2.05, 4.69) is 28.9 Å².